The molecule has 0 unspecified atom stereocenters. The first-order valence-corrected chi connectivity index (χ1v) is 11.0. The van der Waals surface area contributed by atoms with E-state index in [-0.39, 0.29) is 17.7 Å². The maximum absolute atomic E-state index is 12.7. The number of hydrogen-bond donors (Lipinski definition) is 2. The zero-order chi connectivity index (χ0) is 21.8. The van der Waals surface area contributed by atoms with E-state index < -0.39 is 0 Å². The average Bonchev–Trinajstić information content (AvgIpc) is 3.42. The lowest BCUT2D eigenvalue weighted by molar-refractivity contribution is 0.0997. The Morgan fingerprint density at radius 1 is 1.06 bits per heavy atom. The zero-order valence-corrected chi connectivity index (χ0v) is 18.5. The number of benzene rings is 1. The predicted molar refractivity (Wildman–Crippen MR) is 124 cm³/mol. The van der Waals surface area contributed by atoms with Gasteiger partial charge in [0.1, 0.15) is 5.00 Å². The molecule has 3 aromatic heterocycles. The molecule has 0 saturated heterocycles. The summed E-state index contributed by atoms with van der Waals surface area (Å²) in [4.78, 5) is 23.0. The number of amides is 1. The normalized spacial score (nSPS) is 11.8. The lowest BCUT2D eigenvalue weighted by Gasteiger charge is -2.21. The minimum absolute atomic E-state index is 0.231. The summed E-state index contributed by atoms with van der Waals surface area (Å²) >= 11 is 1.57. The maximum atomic E-state index is 12.7. The van der Waals surface area contributed by atoms with Gasteiger partial charge in [0, 0.05) is 21.8 Å². The van der Waals surface area contributed by atoms with Crippen molar-refractivity contribution < 1.29 is 9.21 Å². The Morgan fingerprint density at radius 3 is 2.45 bits per heavy atom. The number of thiophene rings is 1. The Morgan fingerprint density at radius 2 is 1.81 bits per heavy atom. The number of hydrogen-bond acceptors (Lipinski definition) is 6. The van der Waals surface area contributed by atoms with E-state index in [0.29, 0.717) is 5.95 Å². The average molecular weight is 433 g/mol. The molecule has 3 heterocycles. The van der Waals surface area contributed by atoms with Gasteiger partial charge in [-0.1, -0.05) is 37.3 Å². The predicted octanol–water partition coefficient (Wildman–Crippen LogP) is 5.76. The van der Waals surface area contributed by atoms with Crippen molar-refractivity contribution in [2.24, 2.45) is 0 Å². The molecule has 1 amide bonds. The molecule has 7 heteroatoms. The molecule has 0 saturated carbocycles. The Labute approximate surface area is 185 Å². The highest BCUT2D eigenvalue weighted by Gasteiger charge is 2.23. The summed E-state index contributed by atoms with van der Waals surface area (Å²) < 4.78 is 5.26. The summed E-state index contributed by atoms with van der Waals surface area (Å²) in [7, 11) is 0. The number of carbonyl (C=O) groups excluding carboxylic acids is 1. The van der Waals surface area contributed by atoms with E-state index in [9.17, 15) is 4.79 Å². The van der Waals surface area contributed by atoms with Gasteiger partial charge in [-0.25, -0.2) is 9.97 Å². The van der Waals surface area contributed by atoms with Crippen LogP contribution >= 0.6 is 11.3 Å². The van der Waals surface area contributed by atoms with Crippen LogP contribution in [0.15, 0.2) is 65.3 Å². The van der Waals surface area contributed by atoms with Gasteiger partial charge < -0.3 is 15.1 Å². The van der Waals surface area contributed by atoms with E-state index in [4.69, 9.17) is 4.42 Å². The SMILES string of the molecule is CCc1cc([C@@H](Nc2nc(C)cc(C)n2)c2ccccc2)c(NC(=O)c2ccco2)s1. The molecule has 31 heavy (non-hydrogen) atoms. The molecule has 0 spiro atoms. The number of rotatable bonds is 7. The number of carbonyl (C=O) groups is 1. The van der Waals surface area contributed by atoms with Crippen LogP contribution in [0.25, 0.3) is 0 Å². The van der Waals surface area contributed by atoms with Crippen molar-refractivity contribution in [3.05, 3.63) is 94.0 Å². The maximum Gasteiger partial charge on any atom is 0.291 e. The molecule has 4 rings (SSSR count). The number of anilines is 2. The molecule has 1 atom stereocenters. The zero-order valence-electron chi connectivity index (χ0n) is 17.7. The standard InChI is InChI=1S/C24H24N4O2S/c1-4-18-14-19(23(31-18)28-22(29)20-11-8-12-30-20)21(17-9-6-5-7-10-17)27-24-25-15(2)13-16(3)26-24/h5-14,21H,4H2,1-3H3,(H,28,29)(H,25,26,27)/t21-/m0/s1. The van der Waals surface area contributed by atoms with Crippen LogP contribution in [0.1, 0.15) is 50.9 Å². The van der Waals surface area contributed by atoms with Crippen LogP contribution in [0.3, 0.4) is 0 Å². The van der Waals surface area contributed by atoms with Gasteiger partial charge in [0.05, 0.1) is 12.3 Å². The van der Waals surface area contributed by atoms with Gasteiger partial charge in [0.2, 0.25) is 5.95 Å². The summed E-state index contributed by atoms with van der Waals surface area (Å²) in [5.41, 5.74) is 3.82. The Balaban J connectivity index is 1.75. The number of aromatic nitrogens is 2. The molecular weight excluding hydrogens is 408 g/mol. The van der Waals surface area contributed by atoms with Gasteiger partial charge >= 0.3 is 0 Å². The minimum Gasteiger partial charge on any atom is -0.459 e. The lowest BCUT2D eigenvalue weighted by Crippen LogP contribution is -2.17. The van der Waals surface area contributed by atoms with Gasteiger partial charge in [0.25, 0.3) is 5.91 Å². The smallest absolute Gasteiger partial charge is 0.291 e. The fourth-order valence-electron chi connectivity index (χ4n) is 3.42. The lowest BCUT2D eigenvalue weighted by atomic mass is 10.00. The highest BCUT2D eigenvalue weighted by atomic mass is 32.1. The van der Waals surface area contributed by atoms with Crippen LogP contribution in [0.5, 0.6) is 0 Å². The van der Waals surface area contributed by atoms with Crippen molar-refractivity contribution in [1.82, 2.24) is 9.97 Å². The molecule has 0 radical (unpaired) electrons. The Kier molecular flexibility index (Phi) is 6.13. The first-order valence-electron chi connectivity index (χ1n) is 10.1. The van der Waals surface area contributed by atoms with Crippen LogP contribution in [0.2, 0.25) is 0 Å². The van der Waals surface area contributed by atoms with E-state index >= 15 is 0 Å². The largest absolute Gasteiger partial charge is 0.459 e. The van der Waals surface area contributed by atoms with Crippen LogP contribution in [-0.4, -0.2) is 15.9 Å². The van der Waals surface area contributed by atoms with Gasteiger partial charge in [0.15, 0.2) is 5.76 Å². The quantitative estimate of drug-likeness (QED) is 0.388. The third-order valence-corrected chi connectivity index (χ3v) is 6.04. The van der Waals surface area contributed by atoms with E-state index in [1.165, 1.54) is 11.1 Å². The van der Waals surface area contributed by atoms with E-state index in [0.717, 1.165) is 33.9 Å². The molecule has 158 valence electrons. The highest BCUT2D eigenvalue weighted by Crippen LogP contribution is 2.38. The molecule has 1 aromatic carbocycles. The monoisotopic (exact) mass is 432 g/mol. The topological polar surface area (TPSA) is 80.0 Å². The first kappa shape index (κ1) is 20.8. The van der Waals surface area contributed by atoms with Gasteiger partial charge in [-0.3, -0.25) is 4.79 Å². The Bertz CT molecular complexity index is 1150. The summed E-state index contributed by atoms with van der Waals surface area (Å²) in [5, 5.41) is 7.30. The van der Waals surface area contributed by atoms with Gasteiger partial charge in [-0.15, -0.1) is 11.3 Å². The van der Waals surface area contributed by atoms with Crippen molar-refractivity contribution in [3.63, 3.8) is 0 Å². The van der Waals surface area contributed by atoms with E-state index in [2.05, 4.69) is 45.7 Å². The van der Waals surface area contributed by atoms with Crippen molar-refractivity contribution in [2.45, 2.75) is 33.2 Å². The molecule has 0 aliphatic heterocycles. The van der Waals surface area contributed by atoms with Gasteiger partial charge in [-0.2, -0.15) is 0 Å². The molecule has 0 fully saturated rings. The third-order valence-electron chi connectivity index (χ3n) is 4.83. The molecular formula is C24H24N4O2S. The van der Waals surface area contributed by atoms with E-state index in [1.54, 1.807) is 23.5 Å². The van der Waals surface area contributed by atoms with Crippen LogP contribution in [-0.2, 0) is 6.42 Å². The second-order valence-electron chi connectivity index (χ2n) is 7.24. The van der Waals surface area contributed by atoms with Crippen molar-refractivity contribution in [2.75, 3.05) is 10.6 Å². The van der Waals surface area contributed by atoms with Crippen molar-refractivity contribution >= 4 is 28.2 Å². The summed E-state index contributed by atoms with van der Waals surface area (Å²) in [6.45, 7) is 6.00. The molecule has 2 N–H and O–H groups in total. The second-order valence-corrected chi connectivity index (χ2v) is 8.38. The fourth-order valence-corrected chi connectivity index (χ4v) is 4.45. The number of nitrogens with one attached hydrogen (secondary N) is 2. The molecule has 4 aromatic rings. The minimum atomic E-state index is -0.273. The number of nitrogens with zero attached hydrogens (tertiary/aromatic N) is 2. The Hall–Kier alpha value is -3.45. The van der Waals surface area contributed by atoms with Crippen molar-refractivity contribution in [3.8, 4) is 0 Å². The molecule has 0 aliphatic rings. The van der Waals surface area contributed by atoms with Gasteiger partial charge in [-0.05, 0) is 50.1 Å². The molecule has 0 bridgehead atoms. The van der Waals surface area contributed by atoms with Crippen molar-refractivity contribution in [1.29, 1.82) is 0 Å². The van der Waals surface area contributed by atoms with E-state index in [1.807, 2.05) is 38.1 Å². The molecule has 0 aliphatic carbocycles. The van der Waals surface area contributed by atoms with Crippen LogP contribution in [0, 0.1) is 13.8 Å². The number of furan rings is 1. The third kappa shape index (κ3) is 4.83. The van der Waals surface area contributed by atoms with Crippen LogP contribution < -0.4 is 10.6 Å². The number of aryl methyl sites for hydroxylation is 3. The summed E-state index contributed by atoms with van der Waals surface area (Å²) in [6.07, 6.45) is 2.36. The summed E-state index contributed by atoms with van der Waals surface area (Å²) in [6, 6.07) is 17.3. The second kappa shape index (κ2) is 9.14. The van der Waals surface area contributed by atoms with Crippen LogP contribution in [0.4, 0.5) is 10.9 Å². The fraction of sp³-hybridized carbons (Fsp3) is 0.208. The summed E-state index contributed by atoms with van der Waals surface area (Å²) in [5.74, 6) is 0.559. The molecule has 6 nitrogen and oxygen atoms in total. The highest BCUT2D eigenvalue weighted by molar-refractivity contribution is 7.16. The first-order chi connectivity index (χ1) is 15.0.